The summed E-state index contributed by atoms with van der Waals surface area (Å²) in [7, 11) is 9.09. The van der Waals surface area contributed by atoms with E-state index < -0.39 is 65.7 Å². The van der Waals surface area contributed by atoms with Crippen LogP contribution in [0.2, 0.25) is 10.0 Å². The van der Waals surface area contributed by atoms with Crippen molar-refractivity contribution in [2.24, 2.45) is 11.7 Å². The normalized spacial score (nSPS) is 21.8. The molecule has 3 fully saturated rings. The number of carbonyl (C=O) groups is 5. The van der Waals surface area contributed by atoms with Gasteiger partial charge in [-0.25, -0.2) is 23.9 Å². The Balaban J connectivity index is 0.556. The van der Waals surface area contributed by atoms with Gasteiger partial charge in [-0.15, -0.1) is 0 Å². The Morgan fingerprint density at radius 3 is 2.11 bits per heavy atom. The van der Waals surface area contributed by atoms with E-state index in [9.17, 15) is 33.5 Å². The first-order chi connectivity index (χ1) is 54.9. The number of rotatable bonds is 43. The molecular weight excluding hydrogens is 1560 g/mol. The minimum atomic E-state index is -1.86. The molecule has 6 heterocycles. The number of allylic oxidation sites excluding steroid dienone is 3. The van der Waals surface area contributed by atoms with Crippen molar-refractivity contribution in [2.75, 3.05) is 187 Å². The highest BCUT2D eigenvalue weighted by Crippen LogP contribution is 2.50. The van der Waals surface area contributed by atoms with E-state index >= 15 is 0 Å². The van der Waals surface area contributed by atoms with E-state index in [0.29, 0.717) is 177 Å². The molecule has 0 saturated carbocycles. The summed E-state index contributed by atoms with van der Waals surface area (Å²) in [5, 5.41) is 21.6. The molecule has 9 rings (SSSR count). The fraction of sp³-hybridized carbons (Fsp3) is 0.588. The Hall–Kier alpha value is -6.96. The second-order valence-corrected chi connectivity index (χ2v) is 32.1. The zero-order valence-corrected chi connectivity index (χ0v) is 69.7. The number of nitrogens with zero attached hydrogens (tertiary/aromatic N) is 5. The number of nitrogens with two attached hydrogens (primary N) is 1. The molecule has 7 N–H and O–H groups in total. The number of imidazole rings is 1. The first-order valence-electron chi connectivity index (χ1n) is 38.6. The molecule has 5 aromatic rings. The molecule has 0 radical (unpaired) electrons. The number of methoxy groups -OCH3 is 2. The van der Waals surface area contributed by atoms with E-state index in [1.807, 2.05) is 38.1 Å². The highest BCUT2D eigenvalue weighted by Gasteiger charge is 2.64. The van der Waals surface area contributed by atoms with Gasteiger partial charge in [0.15, 0.2) is 5.72 Å². The monoisotopic (exact) mass is 1670 g/mol. The van der Waals surface area contributed by atoms with Gasteiger partial charge in [-0.3, -0.25) is 19.7 Å². The Bertz CT molecular complexity index is 4010. The van der Waals surface area contributed by atoms with Gasteiger partial charge in [-0.05, 0) is 106 Å². The number of aromatic amines is 1. The number of ether oxygens (including phenoxy) is 13. The van der Waals surface area contributed by atoms with Gasteiger partial charge in [0.1, 0.15) is 58.2 Å². The van der Waals surface area contributed by atoms with Crippen molar-refractivity contribution in [3.05, 3.63) is 106 Å². The number of halogens is 3. The molecular formula is C80H111Cl2FN10O19S2. The number of pyridine rings is 1. The molecule has 3 saturated heterocycles. The molecule has 4 aliphatic rings. The molecule has 34 heteroatoms. The second kappa shape index (κ2) is 45.7. The minimum Gasteiger partial charge on any atom is -0.495 e. The van der Waals surface area contributed by atoms with Gasteiger partial charge in [-0.1, -0.05) is 81.6 Å². The summed E-state index contributed by atoms with van der Waals surface area (Å²) in [4.78, 5) is 86.1. The maximum Gasteiger partial charge on any atom is 0.409 e. The number of amides is 4. The predicted molar refractivity (Wildman–Crippen MR) is 437 cm³/mol. The second-order valence-electron chi connectivity index (χ2n) is 28.6. The number of aryl methyl sites for hydroxylation is 1. The van der Waals surface area contributed by atoms with Gasteiger partial charge in [0.2, 0.25) is 17.7 Å². The number of benzene rings is 3. The number of aromatic nitrogens is 3. The molecule has 8 atom stereocenters. The Morgan fingerprint density at radius 2 is 1.47 bits per heavy atom. The predicted octanol–water partition coefficient (Wildman–Crippen LogP) is 9.67. The van der Waals surface area contributed by atoms with Crippen LogP contribution in [0.5, 0.6) is 5.75 Å². The molecule has 4 aliphatic heterocycles. The van der Waals surface area contributed by atoms with E-state index in [0.717, 1.165) is 57.4 Å². The average molecular weight is 1670 g/mol. The van der Waals surface area contributed by atoms with E-state index in [1.165, 1.54) is 54.0 Å². The van der Waals surface area contributed by atoms with Crippen LogP contribution in [-0.4, -0.2) is 274 Å². The quantitative estimate of drug-likeness (QED) is 0.00915. The van der Waals surface area contributed by atoms with Crippen molar-refractivity contribution in [3.63, 3.8) is 0 Å². The van der Waals surface area contributed by atoms with Crippen LogP contribution >= 0.6 is 44.8 Å². The van der Waals surface area contributed by atoms with Gasteiger partial charge in [0, 0.05) is 107 Å². The van der Waals surface area contributed by atoms with Crippen molar-refractivity contribution < 1.29 is 95.0 Å². The van der Waals surface area contributed by atoms with E-state index in [-0.39, 0.29) is 61.0 Å². The van der Waals surface area contributed by atoms with Crippen LogP contribution in [0, 0.1) is 18.7 Å². The summed E-state index contributed by atoms with van der Waals surface area (Å²) in [5.41, 5.74) is 10.6. The number of H-pyrrole nitrogens is 1. The van der Waals surface area contributed by atoms with Gasteiger partial charge in [-0.2, -0.15) is 0 Å². The zero-order chi connectivity index (χ0) is 81.7. The van der Waals surface area contributed by atoms with Gasteiger partial charge >= 0.3 is 12.1 Å². The van der Waals surface area contributed by atoms with Crippen LogP contribution in [0.4, 0.5) is 26.4 Å². The van der Waals surface area contributed by atoms with Crippen LogP contribution < -0.4 is 36.2 Å². The summed E-state index contributed by atoms with van der Waals surface area (Å²) < 4.78 is 89.5. The number of carbonyl (C=O) groups excluding carboxylic acids is 5. The average Bonchev–Trinajstić information content (AvgIpc) is 1.58. The van der Waals surface area contributed by atoms with Crippen molar-refractivity contribution in [1.29, 1.82) is 0 Å². The fourth-order valence-electron chi connectivity index (χ4n) is 13.5. The van der Waals surface area contributed by atoms with Crippen molar-refractivity contribution in [3.8, 4) is 28.3 Å². The van der Waals surface area contributed by atoms with Gasteiger partial charge in [0.05, 0.1) is 153 Å². The Kier molecular flexibility index (Phi) is 36.4. The Labute approximate surface area is 684 Å². The fourth-order valence-corrected chi connectivity index (χ4v) is 15.9. The number of piperidine rings is 1. The third kappa shape index (κ3) is 26.8. The number of fused-ring (bicyclic) bond motifs is 6. The largest absolute Gasteiger partial charge is 0.495 e. The number of nitrogens with one attached hydrogen (secondary N) is 4. The zero-order valence-electron chi connectivity index (χ0n) is 66.5. The van der Waals surface area contributed by atoms with Crippen molar-refractivity contribution in [2.45, 2.75) is 127 Å². The topological polar surface area (TPSA) is 342 Å². The van der Waals surface area contributed by atoms with Crippen molar-refractivity contribution >= 4 is 103 Å². The number of epoxide rings is 1. The van der Waals surface area contributed by atoms with E-state index in [2.05, 4.69) is 25.8 Å². The number of anilines is 3. The lowest BCUT2D eigenvalue weighted by atomic mass is 9.83. The summed E-state index contributed by atoms with van der Waals surface area (Å²) in [6, 6.07) is 13.1. The highest BCUT2D eigenvalue weighted by atomic mass is 35.5. The SMILES string of the molecule is COc1cc2cc(c1Cl)N(C)C(=O)C[C@H](OC(=O)[C@@H](C)N(C)C(=O)CCSSCCOCCOCCOCCOCCOCCOCCOCCOCCC(=O)NCCNc1ncc(-c3cc(C)cc(F)c3)c(N3CCC(N)CC3)c1-c1nc3ccc(Cl)cc3[nH]1)[C@]1(C)OC1[C@@H](C)C1C[C@@](O)(NC(=O)O1)[C@H](OC)/C=C/C=C(\C)C2. The van der Waals surface area contributed by atoms with Crippen LogP contribution in [0.25, 0.3) is 33.5 Å². The molecule has 0 aliphatic carbocycles. The molecule has 4 amide bonds. The lowest BCUT2D eigenvalue weighted by Gasteiger charge is -2.42. The lowest BCUT2D eigenvalue weighted by Crippen LogP contribution is -2.63. The van der Waals surface area contributed by atoms with Gasteiger partial charge in [0.25, 0.3) is 0 Å². The first-order valence-corrected chi connectivity index (χ1v) is 41.8. The lowest BCUT2D eigenvalue weighted by molar-refractivity contribution is -0.162. The number of esters is 1. The summed E-state index contributed by atoms with van der Waals surface area (Å²) >= 11 is 13.2. The molecule has 29 nitrogen and oxygen atoms in total. The Morgan fingerprint density at radius 1 is 0.842 bits per heavy atom. The molecule has 2 unspecified atom stereocenters. The maximum atomic E-state index is 14.9. The standard InChI is InChI=1S/C80H111Cl2FN10O19S2/c1-51-11-10-12-66(101-9)80(99)49-65(110-78(98)90-80)53(3)74-79(5,112-74)67(48-70(96)92(7)63-44-55(41-51)45-64(100-8)72(63)82)111-77(97)54(4)91(6)69(95)18-39-113-114-40-38-109-37-36-108-35-34-107-33-32-106-31-30-105-29-28-104-27-26-103-25-24-102-23-17-68(94)85-19-20-86-75-71(76-88-61-14-13-57(81)47-62(61)89-76)73(93-21-15-59(84)16-22-93)60(50-87-75)56-42-52(2)43-58(83)46-56/h10-14,42-47,50,53-54,59,65-67,74,99H,15-41,48-49,84H2,1-9H3,(H,85,94)(H,86,87)(H,88,89)(H,90,98)/b12-10+,51-11+/t53-,54+,65?,66+,67-,74?,79-,80-/m0/s1. The van der Waals surface area contributed by atoms with Crippen LogP contribution in [0.1, 0.15) is 77.3 Å². The van der Waals surface area contributed by atoms with E-state index in [1.54, 1.807) is 75.2 Å². The summed E-state index contributed by atoms with van der Waals surface area (Å²) in [6.45, 7) is 17.2. The minimum absolute atomic E-state index is 0.0792. The molecule has 114 heavy (non-hydrogen) atoms. The number of hydrogen-bond donors (Lipinski definition) is 6. The molecule has 628 valence electrons. The number of aliphatic hydroxyl groups is 1. The number of alkyl carbamates (subject to hydrolysis) is 1. The van der Waals surface area contributed by atoms with Gasteiger partial charge < -0.3 is 103 Å². The van der Waals surface area contributed by atoms with E-state index in [4.69, 9.17) is 100 Å². The number of likely N-dealkylation sites (N-methyl/N-ethyl adjacent to an activating group) is 1. The maximum absolute atomic E-state index is 14.9. The molecule has 4 bridgehead atoms. The third-order valence-corrected chi connectivity index (χ3v) is 23.1. The smallest absolute Gasteiger partial charge is 0.409 e. The van der Waals surface area contributed by atoms with Crippen LogP contribution in [-0.2, 0) is 82.4 Å². The molecule has 3 aromatic carbocycles. The highest BCUT2D eigenvalue weighted by molar-refractivity contribution is 8.76. The van der Waals surface area contributed by atoms with Crippen LogP contribution in [0.15, 0.2) is 78.5 Å². The van der Waals surface area contributed by atoms with Crippen LogP contribution in [0.3, 0.4) is 0 Å². The first kappa shape index (κ1) is 90.9. The molecule has 2 aromatic heterocycles. The third-order valence-electron chi connectivity index (χ3n) is 20.1. The van der Waals surface area contributed by atoms with Crippen molar-refractivity contribution in [1.82, 2.24) is 30.5 Å². The number of hydrogen-bond acceptors (Lipinski definition) is 26. The summed E-state index contributed by atoms with van der Waals surface area (Å²) in [6.07, 6.45) is 4.31. The summed E-state index contributed by atoms with van der Waals surface area (Å²) in [5.74, 6) is 0.0732. The molecule has 0 spiro atoms.